The molecule has 0 fully saturated rings. The molecule has 5 heteroatoms. The van der Waals surface area contributed by atoms with Crippen molar-refractivity contribution in [3.05, 3.63) is 34.3 Å². The number of carbonyl (C=O) groups is 1. The molecule has 0 aliphatic carbocycles. The smallest absolute Gasteiger partial charge is 0.178 e. The van der Waals surface area contributed by atoms with Gasteiger partial charge in [0.2, 0.25) is 0 Å². The number of ether oxygens (including phenoxy) is 1. The number of halogens is 1. The van der Waals surface area contributed by atoms with Gasteiger partial charge in [0.25, 0.3) is 0 Å². The normalized spacial score (nSPS) is 14.2. The lowest BCUT2D eigenvalue weighted by atomic mass is 10.1. The zero-order chi connectivity index (χ0) is 13.5. The van der Waals surface area contributed by atoms with Crippen molar-refractivity contribution in [3.8, 4) is 0 Å². The standard InChI is InChI=1S/C13H17BrO3S/c1-10(18(16)9-3-8-17-2)13(15)11-4-6-12(14)7-5-11/h4-7,10H,3,8-9H2,1-2H3. The molecule has 0 spiro atoms. The van der Waals surface area contributed by atoms with Crippen molar-refractivity contribution < 1.29 is 13.7 Å². The first-order valence-corrected chi connectivity index (χ1v) is 7.89. The van der Waals surface area contributed by atoms with E-state index in [0.29, 0.717) is 24.3 Å². The van der Waals surface area contributed by atoms with Gasteiger partial charge in [-0.3, -0.25) is 9.00 Å². The lowest BCUT2D eigenvalue weighted by molar-refractivity contribution is 0.0992. The van der Waals surface area contributed by atoms with E-state index in [1.54, 1.807) is 26.2 Å². The van der Waals surface area contributed by atoms with Gasteiger partial charge in [0.15, 0.2) is 5.78 Å². The summed E-state index contributed by atoms with van der Waals surface area (Å²) in [6, 6.07) is 7.12. The molecule has 1 aromatic carbocycles. The summed E-state index contributed by atoms with van der Waals surface area (Å²) in [5.41, 5.74) is 0.603. The van der Waals surface area contributed by atoms with Crippen LogP contribution in [0.5, 0.6) is 0 Å². The van der Waals surface area contributed by atoms with E-state index >= 15 is 0 Å². The fraction of sp³-hybridized carbons (Fsp3) is 0.462. The fourth-order valence-corrected chi connectivity index (χ4v) is 2.89. The SMILES string of the molecule is COCCCS(=O)C(C)C(=O)c1ccc(Br)cc1. The largest absolute Gasteiger partial charge is 0.385 e. The van der Waals surface area contributed by atoms with E-state index in [2.05, 4.69) is 15.9 Å². The Bertz CT molecular complexity index is 417. The zero-order valence-corrected chi connectivity index (χ0v) is 12.9. The molecule has 3 nitrogen and oxygen atoms in total. The molecule has 100 valence electrons. The second-order valence-corrected chi connectivity index (χ2v) is 6.74. The Kier molecular flexibility index (Phi) is 6.75. The molecule has 0 N–H and O–H groups in total. The number of carbonyl (C=O) groups excluding carboxylic acids is 1. The Hall–Kier alpha value is -0.520. The molecule has 0 bridgehead atoms. The molecule has 18 heavy (non-hydrogen) atoms. The third-order valence-corrected chi connectivity index (χ3v) is 4.81. The third kappa shape index (κ3) is 4.63. The molecule has 1 rings (SSSR count). The van der Waals surface area contributed by atoms with Crippen molar-refractivity contribution >= 4 is 32.5 Å². The number of Topliss-reactive ketones (excluding diaryl/α,β-unsaturated/α-hetero) is 1. The third-order valence-electron chi connectivity index (χ3n) is 2.59. The molecule has 0 saturated heterocycles. The summed E-state index contributed by atoms with van der Waals surface area (Å²) in [7, 11) is 0.467. The average Bonchev–Trinajstić information content (AvgIpc) is 2.38. The first-order valence-electron chi connectivity index (χ1n) is 5.72. The number of benzene rings is 1. The van der Waals surface area contributed by atoms with E-state index in [4.69, 9.17) is 4.74 Å². The summed E-state index contributed by atoms with van der Waals surface area (Å²) in [5.74, 6) is 0.426. The lowest BCUT2D eigenvalue weighted by Crippen LogP contribution is -2.24. The van der Waals surface area contributed by atoms with Crippen LogP contribution in [0.2, 0.25) is 0 Å². The van der Waals surface area contributed by atoms with E-state index in [1.807, 2.05) is 12.1 Å². The Morgan fingerprint density at radius 1 is 1.39 bits per heavy atom. The molecule has 0 aliphatic heterocycles. The highest BCUT2D eigenvalue weighted by Crippen LogP contribution is 2.14. The minimum Gasteiger partial charge on any atom is -0.385 e. The molecule has 0 aromatic heterocycles. The van der Waals surface area contributed by atoms with Crippen LogP contribution in [0.3, 0.4) is 0 Å². The number of hydrogen-bond acceptors (Lipinski definition) is 3. The Labute approximate surface area is 119 Å². The number of hydrogen-bond donors (Lipinski definition) is 0. The summed E-state index contributed by atoms with van der Waals surface area (Å²) >= 11 is 3.32. The molecule has 1 aromatic rings. The van der Waals surface area contributed by atoms with Gasteiger partial charge in [-0.15, -0.1) is 0 Å². The maximum Gasteiger partial charge on any atom is 0.178 e. The minimum absolute atomic E-state index is 0.0711. The van der Waals surface area contributed by atoms with E-state index in [9.17, 15) is 9.00 Å². The Morgan fingerprint density at radius 3 is 2.56 bits per heavy atom. The minimum atomic E-state index is -1.14. The van der Waals surface area contributed by atoms with Gasteiger partial charge in [-0.2, -0.15) is 0 Å². The monoisotopic (exact) mass is 332 g/mol. The second-order valence-electron chi connectivity index (χ2n) is 3.94. The molecular formula is C13H17BrO3S. The number of rotatable bonds is 7. The van der Waals surface area contributed by atoms with Crippen LogP contribution in [-0.4, -0.2) is 34.7 Å². The topological polar surface area (TPSA) is 43.4 Å². The van der Waals surface area contributed by atoms with Crippen LogP contribution < -0.4 is 0 Å². The Balaban J connectivity index is 2.60. The lowest BCUT2D eigenvalue weighted by Gasteiger charge is -2.10. The summed E-state index contributed by atoms with van der Waals surface area (Å²) < 4.78 is 17.8. The molecule has 0 saturated carbocycles. The maximum atomic E-state index is 12.1. The highest BCUT2D eigenvalue weighted by molar-refractivity contribution is 9.10. The van der Waals surface area contributed by atoms with Crippen molar-refractivity contribution in [1.82, 2.24) is 0 Å². The molecular weight excluding hydrogens is 316 g/mol. The molecule has 2 unspecified atom stereocenters. The van der Waals surface area contributed by atoms with Crippen LogP contribution in [0.1, 0.15) is 23.7 Å². The highest BCUT2D eigenvalue weighted by atomic mass is 79.9. The van der Waals surface area contributed by atoms with Gasteiger partial charge in [0, 0.05) is 40.3 Å². The fourth-order valence-electron chi connectivity index (χ4n) is 1.49. The van der Waals surface area contributed by atoms with Crippen LogP contribution in [0.4, 0.5) is 0 Å². The summed E-state index contributed by atoms with van der Waals surface area (Å²) in [6.07, 6.45) is 0.709. The van der Waals surface area contributed by atoms with Crippen LogP contribution in [0.25, 0.3) is 0 Å². The van der Waals surface area contributed by atoms with E-state index < -0.39 is 16.0 Å². The van der Waals surface area contributed by atoms with Gasteiger partial charge in [-0.25, -0.2) is 0 Å². The maximum absolute atomic E-state index is 12.1. The van der Waals surface area contributed by atoms with Crippen molar-refractivity contribution in [2.45, 2.75) is 18.6 Å². The first kappa shape index (κ1) is 15.5. The molecule has 0 radical (unpaired) electrons. The molecule has 2 atom stereocenters. The van der Waals surface area contributed by atoms with Crippen LogP contribution in [0.15, 0.2) is 28.7 Å². The number of methoxy groups -OCH3 is 1. The molecule has 0 amide bonds. The summed E-state index contributed by atoms with van der Waals surface area (Å²) in [4.78, 5) is 12.1. The van der Waals surface area contributed by atoms with Crippen molar-refractivity contribution in [1.29, 1.82) is 0 Å². The predicted molar refractivity (Wildman–Crippen MR) is 77.4 cm³/mol. The predicted octanol–water partition coefficient (Wildman–Crippen LogP) is 2.81. The van der Waals surface area contributed by atoms with Crippen molar-refractivity contribution in [2.24, 2.45) is 0 Å². The number of ketones is 1. The first-order chi connectivity index (χ1) is 8.56. The van der Waals surface area contributed by atoms with Crippen molar-refractivity contribution in [2.75, 3.05) is 19.5 Å². The van der Waals surface area contributed by atoms with Crippen LogP contribution in [0, 0.1) is 0 Å². The van der Waals surface area contributed by atoms with Crippen LogP contribution in [-0.2, 0) is 15.5 Å². The molecule has 0 aliphatic rings. The highest BCUT2D eigenvalue weighted by Gasteiger charge is 2.20. The average molecular weight is 333 g/mol. The van der Waals surface area contributed by atoms with Crippen LogP contribution >= 0.6 is 15.9 Å². The van der Waals surface area contributed by atoms with E-state index in [1.165, 1.54) is 0 Å². The summed E-state index contributed by atoms with van der Waals surface area (Å²) in [6.45, 7) is 2.29. The van der Waals surface area contributed by atoms with Gasteiger partial charge in [-0.05, 0) is 25.5 Å². The van der Waals surface area contributed by atoms with E-state index in [0.717, 1.165) is 4.47 Å². The summed E-state index contributed by atoms with van der Waals surface area (Å²) in [5, 5.41) is -0.469. The van der Waals surface area contributed by atoms with Gasteiger partial charge < -0.3 is 4.74 Å². The van der Waals surface area contributed by atoms with Gasteiger partial charge >= 0.3 is 0 Å². The second kappa shape index (κ2) is 7.81. The van der Waals surface area contributed by atoms with Crippen molar-refractivity contribution in [3.63, 3.8) is 0 Å². The molecule has 0 heterocycles. The van der Waals surface area contributed by atoms with E-state index in [-0.39, 0.29) is 5.78 Å². The zero-order valence-electron chi connectivity index (χ0n) is 10.5. The van der Waals surface area contributed by atoms with Gasteiger partial charge in [-0.1, -0.05) is 28.1 Å². The Morgan fingerprint density at radius 2 is 2.00 bits per heavy atom. The van der Waals surface area contributed by atoms with Gasteiger partial charge in [0.05, 0.1) is 5.25 Å². The van der Waals surface area contributed by atoms with Gasteiger partial charge in [0.1, 0.15) is 0 Å². The quantitative estimate of drug-likeness (QED) is 0.569.